The minimum atomic E-state index is -0.104. The Balaban J connectivity index is 4.47. The highest BCUT2D eigenvalue weighted by Gasteiger charge is 1.94. The van der Waals surface area contributed by atoms with E-state index in [0.29, 0.717) is 5.70 Å². The summed E-state index contributed by atoms with van der Waals surface area (Å²) >= 11 is 0. The van der Waals surface area contributed by atoms with Gasteiger partial charge in [0.25, 0.3) is 0 Å². The molecular weight excluding hydrogens is 114 g/mol. The van der Waals surface area contributed by atoms with E-state index >= 15 is 0 Å². The van der Waals surface area contributed by atoms with Crippen LogP contribution in [0.15, 0.2) is 36.3 Å². The lowest BCUT2D eigenvalue weighted by Gasteiger charge is -1.99. The Morgan fingerprint density at radius 3 is 2.22 bits per heavy atom. The lowest BCUT2D eigenvalue weighted by molar-refractivity contribution is 0.424. The summed E-state index contributed by atoms with van der Waals surface area (Å²) < 4.78 is 0. The lowest BCUT2D eigenvalue weighted by Crippen LogP contribution is -2.01. The number of allylic oxidation sites excluding steroid dienone is 2. The van der Waals surface area contributed by atoms with Crippen LogP contribution in [0, 0.1) is 0 Å². The molecule has 0 aliphatic rings. The first-order valence-electron chi connectivity index (χ1n) is 2.56. The van der Waals surface area contributed by atoms with E-state index in [-0.39, 0.29) is 5.76 Å². The van der Waals surface area contributed by atoms with E-state index in [2.05, 4.69) is 13.2 Å². The standard InChI is InChI=1S/C7H11NO/c1-4-5(2)7(8)6(3)9/h4,9H,1,3,8H2,2H3/b7-5+. The average Bonchev–Trinajstić information content (AvgIpc) is 1.84. The minimum absolute atomic E-state index is 0.104. The van der Waals surface area contributed by atoms with Gasteiger partial charge < -0.3 is 10.8 Å². The van der Waals surface area contributed by atoms with E-state index in [1.54, 1.807) is 13.0 Å². The van der Waals surface area contributed by atoms with Crippen molar-refractivity contribution in [3.8, 4) is 0 Å². The van der Waals surface area contributed by atoms with Gasteiger partial charge in [0.15, 0.2) is 0 Å². The van der Waals surface area contributed by atoms with E-state index in [1.807, 2.05) is 0 Å². The van der Waals surface area contributed by atoms with E-state index in [9.17, 15) is 0 Å². The zero-order valence-corrected chi connectivity index (χ0v) is 5.52. The molecule has 0 aliphatic carbocycles. The van der Waals surface area contributed by atoms with Crippen molar-refractivity contribution in [1.29, 1.82) is 0 Å². The summed E-state index contributed by atoms with van der Waals surface area (Å²) in [5, 5.41) is 8.70. The third-order valence-corrected chi connectivity index (χ3v) is 1.04. The second-order valence-corrected chi connectivity index (χ2v) is 1.75. The fourth-order valence-electron chi connectivity index (χ4n) is 0.338. The molecule has 0 saturated carbocycles. The number of aliphatic hydroxyl groups excluding tert-OH is 1. The molecule has 0 aromatic heterocycles. The Morgan fingerprint density at radius 1 is 1.67 bits per heavy atom. The molecule has 0 heterocycles. The highest BCUT2D eigenvalue weighted by atomic mass is 16.3. The first-order valence-corrected chi connectivity index (χ1v) is 2.56. The summed E-state index contributed by atoms with van der Waals surface area (Å²) in [4.78, 5) is 0. The summed E-state index contributed by atoms with van der Waals surface area (Å²) in [6.45, 7) is 8.48. The zero-order valence-electron chi connectivity index (χ0n) is 5.52. The summed E-state index contributed by atoms with van der Waals surface area (Å²) in [6.07, 6.45) is 1.57. The van der Waals surface area contributed by atoms with Crippen molar-refractivity contribution >= 4 is 0 Å². The van der Waals surface area contributed by atoms with Crippen molar-refractivity contribution in [2.45, 2.75) is 6.92 Å². The topological polar surface area (TPSA) is 46.2 Å². The quantitative estimate of drug-likeness (QED) is 0.433. The molecule has 0 unspecified atom stereocenters. The van der Waals surface area contributed by atoms with Crippen LogP contribution in [0.3, 0.4) is 0 Å². The van der Waals surface area contributed by atoms with Gasteiger partial charge in [-0.1, -0.05) is 19.2 Å². The van der Waals surface area contributed by atoms with Crippen LogP contribution in [0.5, 0.6) is 0 Å². The Labute approximate surface area is 55.0 Å². The molecule has 9 heavy (non-hydrogen) atoms. The van der Waals surface area contributed by atoms with Crippen LogP contribution in [-0.2, 0) is 0 Å². The van der Waals surface area contributed by atoms with Crippen molar-refractivity contribution < 1.29 is 5.11 Å². The fourth-order valence-corrected chi connectivity index (χ4v) is 0.338. The normalized spacial score (nSPS) is 12.1. The predicted octanol–water partition coefficient (Wildman–Crippen LogP) is 1.48. The molecule has 0 aromatic rings. The smallest absolute Gasteiger partial charge is 0.131 e. The maximum Gasteiger partial charge on any atom is 0.131 e. The van der Waals surface area contributed by atoms with Gasteiger partial charge in [-0.05, 0) is 12.5 Å². The molecule has 50 valence electrons. The van der Waals surface area contributed by atoms with Crippen molar-refractivity contribution in [2.75, 3.05) is 0 Å². The molecular formula is C7H11NO. The summed E-state index contributed by atoms with van der Waals surface area (Å²) in [7, 11) is 0. The summed E-state index contributed by atoms with van der Waals surface area (Å²) in [5.74, 6) is -0.104. The fraction of sp³-hybridized carbons (Fsp3) is 0.143. The van der Waals surface area contributed by atoms with E-state index < -0.39 is 0 Å². The summed E-state index contributed by atoms with van der Waals surface area (Å²) in [5.41, 5.74) is 6.36. The van der Waals surface area contributed by atoms with E-state index in [1.165, 1.54) is 0 Å². The second-order valence-electron chi connectivity index (χ2n) is 1.75. The molecule has 0 fully saturated rings. The van der Waals surface area contributed by atoms with Crippen LogP contribution in [0.1, 0.15) is 6.92 Å². The minimum Gasteiger partial charge on any atom is -0.506 e. The Kier molecular flexibility index (Phi) is 2.58. The number of rotatable bonds is 2. The van der Waals surface area contributed by atoms with E-state index in [0.717, 1.165) is 5.57 Å². The van der Waals surface area contributed by atoms with Crippen LogP contribution < -0.4 is 5.73 Å². The van der Waals surface area contributed by atoms with Crippen LogP contribution in [0.2, 0.25) is 0 Å². The molecule has 3 N–H and O–H groups in total. The summed E-state index contributed by atoms with van der Waals surface area (Å²) in [6, 6.07) is 0. The molecule has 0 rings (SSSR count). The highest BCUT2D eigenvalue weighted by molar-refractivity contribution is 5.30. The molecule has 0 radical (unpaired) electrons. The van der Waals surface area contributed by atoms with Gasteiger partial charge >= 0.3 is 0 Å². The molecule has 0 spiro atoms. The average molecular weight is 125 g/mol. The monoisotopic (exact) mass is 125 g/mol. The van der Waals surface area contributed by atoms with Crippen LogP contribution in [-0.4, -0.2) is 5.11 Å². The van der Waals surface area contributed by atoms with Crippen molar-refractivity contribution in [1.82, 2.24) is 0 Å². The van der Waals surface area contributed by atoms with Gasteiger partial charge in [-0.15, -0.1) is 0 Å². The maximum atomic E-state index is 8.70. The maximum absolute atomic E-state index is 8.70. The Morgan fingerprint density at radius 2 is 2.11 bits per heavy atom. The van der Waals surface area contributed by atoms with Crippen LogP contribution in [0.25, 0.3) is 0 Å². The lowest BCUT2D eigenvalue weighted by atomic mass is 10.2. The third-order valence-electron chi connectivity index (χ3n) is 1.04. The highest BCUT2D eigenvalue weighted by Crippen LogP contribution is 2.03. The van der Waals surface area contributed by atoms with Gasteiger partial charge in [0.2, 0.25) is 0 Å². The Bertz CT molecular complexity index is 168. The first-order chi connectivity index (χ1) is 4.09. The van der Waals surface area contributed by atoms with Gasteiger partial charge in [-0.3, -0.25) is 0 Å². The van der Waals surface area contributed by atoms with Gasteiger partial charge in [0.05, 0.1) is 5.70 Å². The van der Waals surface area contributed by atoms with Crippen molar-refractivity contribution in [3.05, 3.63) is 36.3 Å². The van der Waals surface area contributed by atoms with Gasteiger partial charge in [0, 0.05) is 0 Å². The molecule has 2 nitrogen and oxygen atoms in total. The molecule has 0 amide bonds. The number of hydrogen-bond donors (Lipinski definition) is 2. The molecule has 2 heteroatoms. The SMILES string of the molecule is C=C/C(C)=C(/N)C(=C)O. The molecule has 0 bridgehead atoms. The number of aliphatic hydroxyl groups is 1. The number of hydrogen-bond acceptors (Lipinski definition) is 2. The molecule has 0 atom stereocenters. The van der Waals surface area contributed by atoms with Crippen molar-refractivity contribution in [2.24, 2.45) is 5.73 Å². The van der Waals surface area contributed by atoms with Gasteiger partial charge in [-0.2, -0.15) is 0 Å². The molecule has 0 aliphatic heterocycles. The van der Waals surface area contributed by atoms with E-state index in [4.69, 9.17) is 10.8 Å². The predicted molar refractivity (Wildman–Crippen MR) is 38.9 cm³/mol. The third kappa shape index (κ3) is 2.04. The number of nitrogens with two attached hydrogens (primary N) is 1. The zero-order chi connectivity index (χ0) is 7.44. The van der Waals surface area contributed by atoms with Crippen LogP contribution >= 0.6 is 0 Å². The van der Waals surface area contributed by atoms with Crippen molar-refractivity contribution in [3.63, 3.8) is 0 Å². The van der Waals surface area contributed by atoms with Crippen LogP contribution in [0.4, 0.5) is 0 Å². The first kappa shape index (κ1) is 7.82. The second kappa shape index (κ2) is 2.97. The largest absolute Gasteiger partial charge is 0.506 e. The Hall–Kier alpha value is -1.18. The van der Waals surface area contributed by atoms with Gasteiger partial charge in [0.1, 0.15) is 5.76 Å². The molecule has 0 saturated heterocycles. The molecule has 0 aromatic carbocycles. The van der Waals surface area contributed by atoms with Gasteiger partial charge in [-0.25, -0.2) is 0 Å².